The molecule has 1 aromatic rings. The Morgan fingerprint density at radius 3 is 2.56 bits per heavy atom. The van der Waals surface area contributed by atoms with Gasteiger partial charge >= 0.3 is 5.97 Å². The van der Waals surface area contributed by atoms with E-state index in [9.17, 15) is 14.3 Å². The molecule has 0 unspecified atom stereocenters. The number of benzene rings is 1. The smallest absolute Gasteiger partial charge is 0.342 e. The fourth-order valence-corrected chi connectivity index (χ4v) is 1.42. The van der Waals surface area contributed by atoms with Crippen molar-refractivity contribution in [3.63, 3.8) is 0 Å². The van der Waals surface area contributed by atoms with Gasteiger partial charge in [0.05, 0.1) is 7.11 Å². The molecule has 1 aromatic carbocycles. The van der Waals surface area contributed by atoms with Gasteiger partial charge in [-0.2, -0.15) is 0 Å². The first-order valence-corrected chi connectivity index (χ1v) is 4.72. The van der Waals surface area contributed by atoms with E-state index in [1.165, 1.54) is 37.5 Å². The summed E-state index contributed by atoms with van der Waals surface area (Å²) in [5.41, 5.74) is -1.52. The highest BCUT2D eigenvalue weighted by Crippen LogP contribution is 2.27. The minimum absolute atomic E-state index is 0.00526. The maximum atomic E-state index is 12.7. The quantitative estimate of drug-likeness (QED) is 0.626. The van der Waals surface area contributed by atoms with Gasteiger partial charge in [-0.15, -0.1) is 6.58 Å². The fourth-order valence-electron chi connectivity index (χ4n) is 1.42. The number of carbonyl (C=O) groups is 1. The van der Waals surface area contributed by atoms with Crippen molar-refractivity contribution >= 4 is 5.97 Å². The summed E-state index contributed by atoms with van der Waals surface area (Å²) < 4.78 is 17.2. The van der Waals surface area contributed by atoms with Crippen LogP contribution in [0.25, 0.3) is 0 Å². The highest BCUT2D eigenvalue weighted by molar-refractivity contribution is 5.81. The van der Waals surface area contributed by atoms with Crippen molar-refractivity contribution in [1.82, 2.24) is 0 Å². The molecule has 1 rings (SSSR count). The Kier molecular flexibility index (Phi) is 3.79. The zero-order chi connectivity index (χ0) is 12.2. The fraction of sp³-hybridized carbons (Fsp3) is 0.250. The largest absolute Gasteiger partial charge is 0.467 e. The van der Waals surface area contributed by atoms with E-state index in [4.69, 9.17) is 0 Å². The molecule has 1 atom stereocenters. The molecule has 0 heterocycles. The van der Waals surface area contributed by atoms with Crippen LogP contribution in [0.1, 0.15) is 12.0 Å². The second-order valence-electron chi connectivity index (χ2n) is 3.35. The van der Waals surface area contributed by atoms with E-state index in [-0.39, 0.29) is 12.0 Å². The van der Waals surface area contributed by atoms with E-state index in [0.29, 0.717) is 0 Å². The van der Waals surface area contributed by atoms with Crippen LogP contribution < -0.4 is 0 Å². The van der Waals surface area contributed by atoms with Crippen LogP contribution in [0.2, 0.25) is 0 Å². The molecule has 0 saturated carbocycles. The van der Waals surface area contributed by atoms with E-state index >= 15 is 0 Å². The zero-order valence-electron chi connectivity index (χ0n) is 8.94. The number of carbonyl (C=O) groups excluding carboxylic acids is 1. The van der Waals surface area contributed by atoms with Crippen molar-refractivity contribution < 1.29 is 19.0 Å². The molecule has 0 radical (unpaired) electrons. The maximum absolute atomic E-state index is 12.7. The van der Waals surface area contributed by atoms with Gasteiger partial charge in [0.15, 0.2) is 5.60 Å². The third-order valence-corrected chi connectivity index (χ3v) is 2.28. The SMILES string of the molecule is C=CC[C@](O)(C(=O)OC)c1ccc(F)cc1. The van der Waals surface area contributed by atoms with Crippen molar-refractivity contribution in [3.8, 4) is 0 Å². The van der Waals surface area contributed by atoms with Gasteiger partial charge in [-0.05, 0) is 17.7 Å². The number of aliphatic hydroxyl groups is 1. The van der Waals surface area contributed by atoms with Crippen LogP contribution in [0.3, 0.4) is 0 Å². The molecule has 86 valence electrons. The minimum Gasteiger partial charge on any atom is -0.467 e. The van der Waals surface area contributed by atoms with Crippen LogP contribution in [-0.4, -0.2) is 18.2 Å². The molecule has 0 fully saturated rings. The summed E-state index contributed by atoms with van der Waals surface area (Å²) >= 11 is 0. The third kappa shape index (κ3) is 2.28. The van der Waals surface area contributed by atoms with Crippen molar-refractivity contribution in [2.24, 2.45) is 0 Å². The lowest BCUT2D eigenvalue weighted by Gasteiger charge is -2.24. The summed E-state index contributed by atoms with van der Waals surface area (Å²) in [6.45, 7) is 3.46. The summed E-state index contributed by atoms with van der Waals surface area (Å²) in [5.74, 6) is -1.23. The Morgan fingerprint density at radius 2 is 2.12 bits per heavy atom. The van der Waals surface area contributed by atoms with Gasteiger partial charge in [0.2, 0.25) is 0 Å². The van der Waals surface area contributed by atoms with Gasteiger partial charge in [-0.3, -0.25) is 0 Å². The third-order valence-electron chi connectivity index (χ3n) is 2.28. The number of rotatable bonds is 4. The van der Waals surface area contributed by atoms with E-state index in [0.717, 1.165) is 0 Å². The van der Waals surface area contributed by atoms with Crippen LogP contribution in [-0.2, 0) is 15.1 Å². The van der Waals surface area contributed by atoms with E-state index in [1.54, 1.807) is 0 Å². The molecule has 0 bridgehead atoms. The highest BCUT2D eigenvalue weighted by Gasteiger charge is 2.37. The molecule has 0 spiro atoms. The van der Waals surface area contributed by atoms with Crippen LogP contribution >= 0.6 is 0 Å². The van der Waals surface area contributed by atoms with Crippen LogP contribution in [0, 0.1) is 5.82 Å². The first-order chi connectivity index (χ1) is 7.54. The minimum atomic E-state index is -1.80. The monoisotopic (exact) mass is 224 g/mol. The van der Waals surface area contributed by atoms with Crippen LogP contribution in [0.5, 0.6) is 0 Å². The molecule has 0 aliphatic rings. The Balaban J connectivity index is 3.15. The molecular weight excluding hydrogens is 211 g/mol. The van der Waals surface area contributed by atoms with Crippen molar-refractivity contribution in [3.05, 3.63) is 48.3 Å². The predicted octanol–water partition coefficient (Wildman–Crippen LogP) is 1.76. The number of hydrogen-bond acceptors (Lipinski definition) is 3. The zero-order valence-corrected chi connectivity index (χ0v) is 8.94. The van der Waals surface area contributed by atoms with E-state index < -0.39 is 17.4 Å². The number of ether oxygens (including phenoxy) is 1. The Bertz CT molecular complexity index is 386. The van der Waals surface area contributed by atoms with E-state index in [2.05, 4.69) is 11.3 Å². The first kappa shape index (κ1) is 12.4. The lowest BCUT2D eigenvalue weighted by molar-refractivity contribution is -0.163. The van der Waals surface area contributed by atoms with Crippen LogP contribution in [0.4, 0.5) is 4.39 Å². The summed E-state index contributed by atoms with van der Waals surface area (Å²) in [4.78, 5) is 11.5. The van der Waals surface area contributed by atoms with Gasteiger partial charge in [0.1, 0.15) is 5.82 Å². The molecular formula is C12H13FO3. The Hall–Kier alpha value is -1.68. The highest BCUT2D eigenvalue weighted by atomic mass is 19.1. The van der Waals surface area contributed by atoms with Gasteiger partial charge < -0.3 is 9.84 Å². The topological polar surface area (TPSA) is 46.5 Å². The van der Waals surface area contributed by atoms with Gasteiger partial charge in [0, 0.05) is 6.42 Å². The summed E-state index contributed by atoms with van der Waals surface area (Å²) in [6.07, 6.45) is 1.41. The van der Waals surface area contributed by atoms with Crippen molar-refractivity contribution in [2.45, 2.75) is 12.0 Å². The number of esters is 1. The second-order valence-corrected chi connectivity index (χ2v) is 3.35. The molecule has 0 aliphatic carbocycles. The molecule has 0 aromatic heterocycles. The van der Waals surface area contributed by atoms with E-state index in [1.807, 2.05) is 0 Å². The molecule has 3 nitrogen and oxygen atoms in total. The lowest BCUT2D eigenvalue weighted by Crippen LogP contribution is -2.36. The number of methoxy groups -OCH3 is 1. The summed E-state index contributed by atoms with van der Waals surface area (Å²) in [5, 5.41) is 10.2. The Labute approximate surface area is 93.2 Å². The molecule has 0 amide bonds. The average Bonchev–Trinajstić information content (AvgIpc) is 2.29. The molecule has 16 heavy (non-hydrogen) atoms. The average molecular weight is 224 g/mol. The van der Waals surface area contributed by atoms with Crippen molar-refractivity contribution in [2.75, 3.05) is 7.11 Å². The number of hydrogen-bond donors (Lipinski definition) is 1. The van der Waals surface area contributed by atoms with Gasteiger partial charge in [-0.1, -0.05) is 18.2 Å². The molecule has 0 aliphatic heterocycles. The first-order valence-electron chi connectivity index (χ1n) is 4.72. The predicted molar refractivity (Wildman–Crippen MR) is 57.1 cm³/mol. The second kappa shape index (κ2) is 4.90. The van der Waals surface area contributed by atoms with Crippen molar-refractivity contribution in [1.29, 1.82) is 0 Å². The lowest BCUT2D eigenvalue weighted by atomic mass is 9.90. The summed E-state index contributed by atoms with van der Waals surface area (Å²) in [6, 6.07) is 5.03. The molecule has 4 heteroatoms. The molecule has 1 N–H and O–H groups in total. The summed E-state index contributed by atoms with van der Waals surface area (Å²) in [7, 11) is 1.18. The Morgan fingerprint density at radius 1 is 1.56 bits per heavy atom. The maximum Gasteiger partial charge on any atom is 0.342 e. The van der Waals surface area contributed by atoms with Gasteiger partial charge in [-0.25, -0.2) is 9.18 Å². The normalized spacial score (nSPS) is 13.9. The van der Waals surface area contributed by atoms with Gasteiger partial charge in [0.25, 0.3) is 0 Å². The van der Waals surface area contributed by atoms with Crippen LogP contribution in [0.15, 0.2) is 36.9 Å². The number of halogens is 1. The standard InChI is InChI=1S/C12H13FO3/c1-3-8-12(15,11(14)16-2)9-4-6-10(13)7-5-9/h3-7,15H,1,8H2,2H3/t12-/m1/s1. The molecule has 0 saturated heterocycles.